The van der Waals surface area contributed by atoms with Crippen molar-refractivity contribution < 1.29 is 4.79 Å². The van der Waals surface area contributed by atoms with Gasteiger partial charge in [-0.05, 0) is 43.3 Å². The average Bonchev–Trinajstić information content (AvgIpc) is 3.46. The third-order valence-electron chi connectivity index (χ3n) is 6.42. The molecule has 1 unspecified atom stereocenters. The predicted molar refractivity (Wildman–Crippen MR) is 125 cm³/mol. The van der Waals surface area contributed by atoms with Crippen molar-refractivity contribution in [1.82, 2.24) is 28.9 Å². The number of carbonyl (C=O) groups is 1. The zero-order chi connectivity index (χ0) is 22.8. The summed E-state index contributed by atoms with van der Waals surface area (Å²) in [6, 6.07) is 4.37. The molecule has 32 heavy (non-hydrogen) atoms. The first-order valence-electron chi connectivity index (χ1n) is 11.0. The zero-order valence-corrected chi connectivity index (χ0v) is 19.6. The highest BCUT2D eigenvalue weighted by Crippen LogP contribution is 2.29. The number of hydrogen-bond acceptors (Lipinski definition) is 6. The van der Waals surface area contributed by atoms with E-state index >= 15 is 0 Å². The molecular weight excluding hydrogens is 428 g/mol. The molecule has 3 aromatic heterocycles. The van der Waals surface area contributed by atoms with Crippen molar-refractivity contribution in [2.24, 2.45) is 20.0 Å². The van der Waals surface area contributed by atoms with Crippen LogP contribution in [0.5, 0.6) is 0 Å². The molecule has 1 fully saturated rings. The number of nitrogens with zero attached hydrogens (tertiary/aromatic N) is 5. The van der Waals surface area contributed by atoms with E-state index in [9.17, 15) is 14.4 Å². The van der Waals surface area contributed by atoms with E-state index in [1.807, 2.05) is 0 Å². The number of rotatable bonds is 7. The van der Waals surface area contributed by atoms with Crippen LogP contribution < -0.4 is 16.6 Å². The normalized spacial score (nSPS) is 16.5. The molecule has 1 N–H and O–H groups in total. The molecule has 1 aliphatic heterocycles. The maximum absolute atomic E-state index is 12.7. The molecule has 1 aliphatic rings. The quantitative estimate of drug-likeness (QED) is 0.579. The highest BCUT2D eigenvalue weighted by Gasteiger charge is 2.25. The fourth-order valence-electron chi connectivity index (χ4n) is 4.32. The molecule has 0 aromatic carbocycles. The highest BCUT2D eigenvalue weighted by molar-refractivity contribution is 7.10. The summed E-state index contributed by atoms with van der Waals surface area (Å²) in [7, 11) is 3.03. The lowest BCUT2D eigenvalue weighted by Crippen LogP contribution is -2.41. The van der Waals surface area contributed by atoms with Crippen LogP contribution in [0.2, 0.25) is 0 Å². The van der Waals surface area contributed by atoms with Gasteiger partial charge in [0.1, 0.15) is 0 Å². The fourth-order valence-corrected chi connectivity index (χ4v) is 5.18. The molecule has 1 saturated heterocycles. The molecule has 10 heteroatoms. The van der Waals surface area contributed by atoms with E-state index in [0.717, 1.165) is 23.6 Å². The lowest BCUT2D eigenvalue weighted by atomic mass is 9.97. The number of imidazole rings is 1. The van der Waals surface area contributed by atoms with Crippen LogP contribution in [-0.2, 0) is 25.4 Å². The number of amides is 1. The van der Waals surface area contributed by atoms with Gasteiger partial charge in [0.15, 0.2) is 11.2 Å². The van der Waals surface area contributed by atoms with Crippen LogP contribution in [-0.4, -0.2) is 49.1 Å². The van der Waals surface area contributed by atoms with Crippen LogP contribution in [0.15, 0.2) is 33.4 Å². The Balaban J connectivity index is 1.41. The first-order valence-corrected chi connectivity index (χ1v) is 11.9. The van der Waals surface area contributed by atoms with Gasteiger partial charge in [0, 0.05) is 38.5 Å². The number of aryl methyl sites for hydroxylation is 2. The summed E-state index contributed by atoms with van der Waals surface area (Å²) in [5, 5.41) is 5.17. The van der Waals surface area contributed by atoms with Crippen LogP contribution in [0.3, 0.4) is 0 Å². The van der Waals surface area contributed by atoms with Crippen molar-refractivity contribution in [1.29, 1.82) is 0 Å². The molecule has 9 nitrogen and oxygen atoms in total. The van der Waals surface area contributed by atoms with Gasteiger partial charge in [0.05, 0.1) is 12.4 Å². The monoisotopic (exact) mass is 458 g/mol. The van der Waals surface area contributed by atoms with E-state index in [-0.39, 0.29) is 18.4 Å². The van der Waals surface area contributed by atoms with Crippen molar-refractivity contribution in [3.8, 4) is 0 Å². The van der Waals surface area contributed by atoms with Crippen LogP contribution >= 0.6 is 11.3 Å². The van der Waals surface area contributed by atoms with Crippen molar-refractivity contribution in [3.63, 3.8) is 0 Å². The van der Waals surface area contributed by atoms with Gasteiger partial charge < -0.3 is 9.88 Å². The minimum absolute atomic E-state index is 0.0690. The number of hydrogen-bond donors (Lipinski definition) is 1. The van der Waals surface area contributed by atoms with E-state index in [1.54, 1.807) is 23.0 Å². The first kappa shape index (κ1) is 22.5. The lowest BCUT2D eigenvalue weighted by molar-refractivity contribution is -0.121. The lowest BCUT2D eigenvalue weighted by Gasteiger charge is -2.36. The predicted octanol–water partition coefficient (Wildman–Crippen LogP) is 1.47. The minimum atomic E-state index is -0.419. The summed E-state index contributed by atoms with van der Waals surface area (Å²) in [4.78, 5) is 45.2. The maximum Gasteiger partial charge on any atom is 0.332 e. The Hall–Kier alpha value is -2.72. The average molecular weight is 459 g/mol. The van der Waals surface area contributed by atoms with Gasteiger partial charge in [-0.15, -0.1) is 11.3 Å². The molecular formula is C22H30N6O3S. The van der Waals surface area contributed by atoms with Crippen molar-refractivity contribution in [3.05, 3.63) is 49.6 Å². The molecule has 0 saturated carbocycles. The van der Waals surface area contributed by atoms with E-state index in [4.69, 9.17) is 0 Å². The van der Waals surface area contributed by atoms with Crippen LogP contribution in [0.1, 0.15) is 37.1 Å². The molecule has 0 aliphatic carbocycles. The van der Waals surface area contributed by atoms with E-state index < -0.39 is 11.2 Å². The minimum Gasteiger partial charge on any atom is -0.354 e. The summed E-state index contributed by atoms with van der Waals surface area (Å²) >= 11 is 1.73. The zero-order valence-electron chi connectivity index (χ0n) is 18.8. The highest BCUT2D eigenvalue weighted by atomic mass is 32.1. The van der Waals surface area contributed by atoms with Crippen LogP contribution in [0, 0.1) is 5.92 Å². The molecule has 172 valence electrons. The molecule has 0 spiro atoms. The molecule has 1 amide bonds. The van der Waals surface area contributed by atoms with E-state index in [1.165, 1.54) is 35.7 Å². The van der Waals surface area contributed by atoms with E-state index in [2.05, 4.69) is 39.6 Å². The maximum atomic E-state index is 12.7. The van der Waals surface area contributed by atoms with Gasteiger partial charge in [-0.2, -0.15) is 0 Å². The number of nitrogens with one attached hydrogen (secondary N) is 1. The molecule has 0 radical (unpaired) electrons. The second-order valence-corrected chi connectivity index (χ2v) is 9.60. The number of carbonyl (C=O) groups excluding carboxylic acids is 1. The molecule has 4 rings (SSSR count). The molecule has 4 heterocycles. The molecule has 1 atom stereocenters. The second kappa shape index (κ2) is 9.41. The van der Waals surface area contributed by atoms with Gasteiger partial charge in [-0.3, -0.25) is 23.6 Å². The first-order chi connectivity index (χ1) is 15.4. The summed E-state index contributed by atoms with van der Waals surface area (Å²) in [6.45, 7) is 5.27. The Morgan fingerprint density at radius 3 is 2.69 bits per heavy atom. The van der Waals surface area contributed by atoms with Crippen molar-refractivity contribution >= 4 is 28.4 Å². The van der Waals surface area contributed by atoms with E-state index in [0.29, 0.717) is 24.3 Å². The summed E-state index contributed by atoms with van der Waals surface area (Å²) in [6.07, 6.45) is 4.11. The number of thiophene rings is 1. The van der Waals surface area contributed by atoms with Gasteiger partial charge >= 0.3 is 5.69 Å². The Bertz CT molecular complexity index is 1200. The second-order valence-electron chi connectivity index (χ2n) is 8.62. The summed E-state index contributed by atoms with van der Waals surface area (Å²) in [5.41, 5.74) is -0.160. The topological polar surface area (TPSA) is 94.2 Å². The molecule has 0 bridgehead atoms. The summed E-state index contributed by atoms with van der Waals surface area (Å²) < 4.78 is 4.06. The van der Waals surface area contributed by atoms with Gasteiger partial charge in [-0.25, -0.2) is 9.78 Å². The van der Waals surface area contributed by atoms with Crippen molar-refractivity contribution in [2.75, 3.05) is 19.6 Å². The van der Waals surface area contributed by atoms with Crippen molar-refractivity contribution in [2.45, 2.75) is 38.8 Å². The Morgan fingerprint density at radius 1 is 1.25 bits per heavy atom. The third kappa shape index (κ3) is 4.42. The number of aromatic nitrogens is 4. The largest absolute Gasteiger partial charge is 0.354 e. The molecule has 3 aromatic rings. The van der Waals surface area contributed by atoms with Gasteiger partial charge in [0.25, 0.3) is 5.56 Å². The van der Waals surface area contributed by atoms with Gasteiger partial charge in [-0.1, -0.05) is 13.0 Å². The number of fused-ring (bicyclic) bond motifs is 1. The van der Waals surface area contributed by atoms with Gasteiger partial charge in [0.2, 0.25) is 5.91 Å². The summed E-state index contributed by atoms with van der Waals surface area (Å²) in [5.74, 6) is 0.683. The standard InChI is InChI=1S/C22H30N6O3S/c1-15-6-9-27(10-7-15)16(17-5-4-12-32-17)13-23-18(29)8-11-28-14-24-20-19(28)21(30)26(3)22(31)25(20)2/h4-5,12,14-16H,6-11,13H2,1-3H3,(H,23,29). The SMILES string of the molecule is CC1CCN(C(CNC(=O)CCn2cnc3c2c(=O)n(C)c(=O)n3C)c2cccs2)CC1. The Morgan fingerprint density at radius 2 is 2.00 bits per heavy atom. The Kier molecular flexibility index (Phi) is 6.61. The number of piperidine rings is 1. The van der Waals surface area contributed by atoms with Crippen LogP contribution in [0.4, 0.5) is 0 Å². The smallest absolute Gasteiger partial charge is 0.332 e. The fraction of sp³-hybridized carbons (Fsp3) is 0.545. The van der Waals surface area contributed by atoms with Crippen LogP contribution in [0.25, 0.3) is 11.2 Å². The Labute approximate surface area is 190 Å². The third-order valence-corrected chi connectivity index (χ3v) is 7.39. The number of likely N-dealkylation sites (tertiary alicyclic amines) is 1.